The highest BCUT2D eigenvalue weighted by Gasteiger charge is 2.31. The molecular weight excluding hydrogens is 311 g/mol. The Kier molecular flexibility index (Phi) is 5.45. The second-order valence-corrected chi connectivity index (χ2v) is 7.10. The maximum atomic E-state index is 14.0. The predicted molar refractivity (Wildman–Crippen MR) is 86.6 cm³/mol. The SMILES string of the molecule is CC(C)(C)OC(=O)N1CCC(C(O)c2ccc(C#N)cc2F)CC1. The molecule has 5 nitrogen and oxygen atoms in total. The quantitative estimate of drug-likeness (QED) is 0.900. The average molecular weight is 334 g/mol. The normalized spacial score (nSPS) is 17.2. The molecule has 1 atom stereocenters. The maximum absolute atomic E-state index is 14.0. The molecule has 130 valence electrons. The van der Waals surface area contributed by atoms with Crippen molar-refractivity contribution in [1.82, 2.24) is 4.90 Å². The van der Waals surface area contributed by atoms with Crippen LogP contribution in [0.5, 0.6) is 0 Å². The van der Waals surface area contributed by atoms with Gasteiger partial charge in [-0.15, -0.1) is 0 Å². The Balaban J connectivity index is 1.97. The van der Waals surface area contributed by atoms with Gasteiger partial charge in [0, 0.05) is 18.7 Å². The molecule has 24 heavy (non-hydrogen) atoms. The van der Waals surface area contributed by atoms with Crippen molar-refractivity contribution in [3.63, 3.8) is 0 Å². The molecule has 2 rings (SSSR count). The van der Waals surface area contributed by atoms with E-state index in [1.165, 1.54) is 12.1 Å². The van der Waals surface area contributed by atoms with Crippen molar-refractivity contribution in [3.05, 3.63) is 35.1 Å². The average Bonchev–Trinajstić information content (AvgIpc) is 2.52. The van der Waals surface area contributed by atoms with Gasteiger partial charge in [0.05, 0.1) is 17.7 Å². The summed E-state index contributed by atoms with van der Waals surface area (Å²) in [6.07, 6.45) is -0.168. The smallest absolute Gasteiger partial charge is 0.410 e. The summed E-state index contributed by atoms with van der Waals surface area (Å²) in [6, 6.07) is 5.96. The number of piperidine rings is 1. The number of hydrogen-bond donors (Lipinski definition) is 1. The number of amides is 1. The van der Waals surface area contributed by atoms with E-state index in [1.54, 1.807) is 4.90 Å². The zero-order chi connectivity index (χ0) is 17.9. The summed E-state index contributed by atoms with van der Waals surface area (Å²) in [5, 5.41) is 19.2. The zero-order valence-electron chi connectivity index (χ0n) is 14.3. The number of aliphatic hydroxyl groups excluding tert-OH is 1. The first-order chi connectivity index (χ1) is 11.2. The molecular formula is C18H23FN2O3. The largest absolute Gasteiger partial charge is 0.444 e. The van der Waals surface area contributed by atoms with Gasteiger partial charge in [-0.1, -0.05) is 6.07 Å². The molecule has 1 aromatic rings. The zero-order valence-corrected chi connectivity index (χ0v) is 14.3. The van der Waals surface area contributed by atoms with Crippen LogP contribution in [-0.4, -0.2) is 34.8 Å². The fourth-order valence-corrected chi connectivity index (χ4v) is 2.81. The summed E-state index contributed by atoms with van der Waals surface area (Å²) in [7, 11) is 0. The maximum Gasteiger partial charge on any atom is 0.410 e. The van der Waals surface area contributed by atoms with Gasteiger partial charge in [-0.2, -0.15) is 5.26 Å². The van der Waals surface area contributed by atoms with Crippen molar-refractivity contribution in [2.75, 3.05) is 13.1 Å². The first kappa shape index (κ1) is 18.2. The van der Waals surface area contributed by atoms with Crippen LogP contribution in [0.25, 0.3) is 0 Å². The Morgan fingerprint density at radius 3 is 2.54 bits per heavy atom. The molecule has 1 amide bonds. The van der Waals surface area contributed by atoms with Crippen LogP contribution in [0, 0.1) is 23.1 Å². The summed E-state index contributed by atoms with van der Waals surface area (Å²) in [5.41, 5.74) is -0.119. The summed E-state index contributed by atoms with van der Waals surface area (Å²) < 4.78 is 19.4. The van der Waals surface area contributed by atoms with Gasteiger partial charge in [0.25, 0.3) is 0 Å². The number of hydrogen-bond acceptors (Lipinski definition) is 4. The Morgan fingerprint density at radius 1 is 1.42 bits per heavy atom. The van der Waals surface area contributed by atoms with E-state index in [4.69, 9.17) is 10.00 Å². The molecule has 1 aliphatic rings. The van der Waals surface area contributed by atoms with Crippen LogP contribution in [0.4, 0.5) is 9.18 Å². The predicted octanol–water partition coefficient (Wildman–Crippen LogP) is 3.38. The second-order valence-electron chi connectivity index (χ2n) is 7.10. The fourth-order valence-electron chi connectivity index (χ4n) is 2.81. The van der Waals surface area contributed by atoms with Gasteiger partial charge in [-0.25, -0.2) is 9.18 Å². The number of ether oxygens (including phenoxy) is 1. The monoisotopic (exact) mass is 334 g/mol. The topological polar surface area (TPSA) is 73.6 Å². The van der Waals surface area contributed by atoms with E-state index in [0.717, 1.165) is 6.07 Å². The molecule has 1 fully saturated rings. The van der Waals surface area contributed by atoms with Crippen molar-refractivity contribution in [2.24, 2.45) is 5.92 Å². The van der Waals surface area contributed by atoms with E-state index in [2.05, 4.69) is 0 Å². The minimum atomic E-state index is -0.946. The lowest BCUT2D eigenvalue weighted by atomic mass is 9.87. The third-order valence-electron chi connectivity index (χ3n) is 4.09. The van der Waals surface area contributed by atoms with Gasteiger partial charge < -0.3 is 14.7 Å². The van der Waals surface area contributed by atoms with Crippen LogP contribution in [-0.2, 0) is 4.74 Å². The molecule has 1 N–H and O–H groups in total. The molecule has 6 heteroatoms. The van der Waals surface area contributed by atoms with E-state index in [9.17, 15) is 14.3 Å². The number of benzene rings is 1. The van der Waals surface area contributed by atoms with E-state index in [0.29, 0.717) is 25.9 Å². The van der Waals surface area contributed by atoms with Crippen molar-refractivity contribution in [2.45, 2.75) is 45.3 Å². The van der Waals surface area contributed by atoms with Crippen LogP contribution >= 0.6 is 0 Å². The molecule has 0 aromatic heterocycles. The second kappa shape index (κ2) is 7.18. The molecule has 1 aliphatic heterocycles. The van der Waals surface area contributed by atoms with E-state index in [1.807, 2.05) is 26.8 Å². The molecule has 0 aliphatic carbocycles. The fraction of sp³-hybridized carbons (Fsp3) is 0.556. The molecule has 0 saturated carbocycles. The first-order valence-corrected chi connectivity index (χ1v) is 8.07. The van der Waals surface area contributed by atoms with Gasteiger partial charge in [0.1, 0.15) is 11.4 Å². The lowest BCUT2D eigenvalue weighted by Crippen LogP contribution is -2.42. The number of carbonyl (C=O) groups excluding carboxylic acids is 1. The summed E-state index contributed by atoms with van der Waals surface area (Å²) >= 11 is 0. The lowest BCUT2D eigenvalue weighted by molar-refractivity contribution is 0.00721. The minimum Gasteiger partial charge on any atom is -0.444 e. The van der Waals surface area contributed by atoms with E-state index >= 15 is 0 Å². The number of nitrogens with zero attached hydrogens (tertiary/aromatic N) is 2. The molecule has 1 aromatic carbocycles. The van der Waals surface area contributed by atoms with Crippen LogP contribution in [0.1, 0.15) is 50.8 Å². The van der Waals surface area contributed by atoms with Crippen molar-refractivity contribution in [3.8, 4) is 6.07 Å². The Hall–Kier alpha value is -2.13. The Labute approximate surface area is 141 Å². The van der Waals surface area contributed by atoms with Crippen LogP contribution in [0.15, 0.2) is 18.2 Å². The van der Waals surface area contributed by atoms with Crippen LogP contribution < -0.4 is 0 Å². The third kappa shape index (κ3) is 4.45. The van der Waals surface area contributed by atoms with E-state index < -0.39 is 17.5 Å². The van der Waals surface area contributed by atoms with Gasteiger partial charge in [-0.05, 0) is 51.7 Å². The number of halogens is 1. The molecule has 1 saturated heterocycles. The van der Waals surface area contributed by atoms with Crippen molar-refractivity contribution >= 4 is 6.09 Å². The number of carbonyl (C=O) groups is 1. The van der Waals surface area contributed by atoms with E-state index in [-0.39, 0.29) is 23.1 Å². The summed E-state index contributed by atoms with van der Waals surface area (Å²) in [4.78, 5) is 13.7. The highest BCUT2D eigenvalue weighted by atomic mass is 19.1. The lowest BCUT2D eigenvalue weighted by Gasteiger charge is -2.35. The van der Waals surface area contributed by atoms with Crippen LogP contribution in [0.3, 0.4) is 0 Å². The van der Waals surface area contributed by atoms with Gasteiger partial charge in [0.15, 0.2) is 0 Å². The van der Waals surface area contributed by atoms with Crippen molar-refractivity contribution in [1.29, 1.82) is 5.26 Å². The van der Waals surface area contributed by atoms with Gasteiger partial charge >= 0.3 is 6.09 Å². The minimum absolute atomic E-state index is 0.133. The number of aliphatic hydroxyl groups is 1. The highest BCUT2D eigenvalue weighted by molar-refractivity contribution is 5.68. The van der Waals surface area contributed by atoms with Gasteiger partial charge in [0.2, 0.25) is 0 Å². The first-order valence-electron chi connectivity index (χ1n) is 8.07. The molecule has 0 radical (unpaired) electrons. The summed E-state index contributed by atoms with van der Waals surface area (Å²) in [6.45, 7) is 6.38. The molecule has 1 heterocycles. The summed E-state index contributed by atoms with van der Waals surface area (Å²) in [5.74, 6) is -0.706. The van der Waals surface area contributed by atoms with Gasteiger partial charge in [-0.3, -0.25) is 0 Å². The number of rotatable bonds is 2. The Morgan fingerprint density at radius 2 is 2.04 bits per heavy atom. The molecule has 0 spiro atoms. The highest BCUT2D eigenvalue weighted by Crippen LogP contribution is 2.32. The van der Waals surface area contributed by atoms with Crippen LogP contribution in [0.2, 0.25) is 0 Å². The standard InChI is InChI=1S/C18H23FN2O3/c1-18(2,3)24-17(23)21-8-6-13(7-9-21)16(22)14-5-4-12(11-20)10-15(14)19/h4-5,10,13,16,22H,6-9H2,1-3H3. The Bertz CT molecular complexity index is 641. The van der Waals surface area contributed by atoms with Crippen molar-refractivity contribution < 1.29 is 19.0 Å². The molecule has 0 bridgehead atoms. The number of nitriles is 1. The molecule has 1 unspecified atom stereocenters. The number of likely N-dealkylation sites (tertiary alicyclic amines) is 1. The third-order valence-corrected chi connectivity index (χ3v) is 4.09.